The molecule has 0 bridgehead atoms. The first-order valence-corrected chi connectivity index (χ1v) is 7.76. The van der Waals surface area contributed by atoms with E-state index in [1.54, 1.807) is 0 Å². The van der Waals surface area contributed by atoms with Gasteiger partial charge >= 0.3 is 0 Å². The van der Waals surface area contributed by atoms with E-state index >= 15 is 0 Å². The minimum atomic E-state index is 0.395. The molecule has 19 heavy (non-hydrogen) atoms. The van der Waals surface area contributed by atoms with Gasteiger partial charge in [-0.15, -0.1) is 0 Å². The molecular formula is C14H19BrN2OS. The zero-order valence-corrected chi connectivity index (χ0v) is 13.4. The van der Waals surface area contributed by atoms with Crippen molar-refractivity contribution in [1.29, 1.82) is 0 Å². The van der Waals surface area contributed by atoms with E-state index in [2.05, 4.69) is 28.2 Å². The molecule has 0 radical (unpaired) electrons. The van der Waals surface area contributed by atoms with Gasteiger partial charge in [0.15, 0.2) is 0 Å². The zero-order chi connectivity index (χ0) is 13.8. The van der Waals surface area contributed by atoms with Gasteiger partial charge in [-0.05, 0) is 47.0 Å². The van der Waals surface area contributed by atoms with Crippen LogP contribution in [0.1, 0.15) is 25.3 Å². The summed E-state index contributed by atoms with van der Waals surface area (Å²) in [6, 6.07) is 5.97. The van der Waals surface area contributed by atoms with Crippen LogP contribution in [-0.2, 0) is 4.74 Å². The van der Waals surface area contributed by atoms with Crippen LogP contribution in [0.2, 0.25) is 0 Å². The van der Waals surface area contributed by atoms with E-state index in [-0.39, 0.29) is 0 Å². The average Bonchev–Trinajstić information content (AvgIpc) is 2.83. The zero-order valence-electron chi connectivity index (χ0n) is 11.0. The molecule has 3 N–H and O–H groups in total. The predicted octanol–water partition coefficient (Wildman–Crippen LogP) is 3.31. The highest BCUT2D eigenvalue weighted by atomic mass is 79.9. The van der Waals surface area contributed by atoms with Gasteiger partial charge in [0.2, 0.25) is 0 Å². The van der Waals surface area contributed by atoms with E-state index in [0.717, 1.165) is 41.7 Å². The van der Waals surface area contributed by atoms with Crippen molar-refractivity contribution in [1.82, 2.24) is 0 Å². The Bertz CT molecular complexity index is 467. The van der Waals surface area contributed by atoms with Crippen molar-refractivity contribution in [2.75, 3.05) is 18.5 Å². The van der Waals surface area contributed by atoms with Crippen molar-refractivity contribution in [3.05, 3.63) is 28.2 Å². The maximum atomic E-state index is 5.69. The highest BCUT2D eigenvalue weighted by Gasteiger charge is 2.26. The summed E-state index contributed by atoms with van der Waals surface area (Å²) in [7, 11) is 0. The van der Waals surface area contributed by atoms with Gasteiger partial charge in [-0.3, -0.25) is 0 Å². The topological polar surface area (TPSA) is 47.3 Å². The third-order valence-corrected chi connectivity index (χ3v) is 4.43. The molecule has 1 aromatic carbocycles. The largest absolute Gasteiger partial charge is 0.389 e. The summed E-state index contributed by atoms with van der Waals surface area (Å²) in [5, 5.41) is 3.46. The van der Waals surface area contributed by atoms with Crippen LogP contribution in [0, 0.1) is 5.92 Å². The van der Waals surface area contributed by atoms with Crippen molar-refractivity contribution < 1.29 is 4.74 Å². The first-order valence-electron chi connectivity index (χ1n) is 6.56. The number of halogens is 1. The van der Waals surface area contributed by atoms with E-state index in [1.807, 2.05) is 18.2 Å². The summed E-state index contributed by atoms with van der Waals surface area (Å²) in [5.74, 6) is 0.596. The molecule has 1 fully saturated rings. The normalized spacial score (nSPS) is 22.4. The number of anilines is 1. The van der Waals surface area contributed by atoms with E-state index in [4.69, 9.17) is 22.7 Å². The molecule has 1 heterocycles. The maximum Gasteiger partial charge on any atom is 0.105 e. The number of nitrogens with one attached hydrogen (secondary N) is 1. The third-order valence-electron chi connectivity index (χ3n) is 3.55. The number of hydrogen-bond acceptors (Lipinski definition) is 3. The van der Waals surface area contributed by atoms with Crippen LogP contribution in [0.3, 0.4) is 0 Å². The molecule has 104 valence electrons. The molecule has 1 aromatic rings. The first-order chi connectivity index (χ1) is 9.11. The molecule has 1 aliphatic heterocycles. The average molecular weight is 343 g/mol. The van der Waals surface area contributed by atoms with E-state index in [0.29, 0.717) is 17.0 Å². The lowest BCUT2D eigenvalue weighted by atomic mass is 9.99. The summed E-state index contributed by atoms with van der Waals surface area (Å²) in [6.45, 7) is 4.00. The Kier molecular flexibility index (Phi) is 5.19. The van der Waals surface area contributed by atoms with Gasteiger partial charge in [0.25, 0.3) is 0 Å². The molecule has 1 aliphatic rings. The van der Waals surface area contributed by atoms with Crippen LogP contribution in [0.4, 0.5) is 5.69 Å². The number of nitrogens with two attached hydrogens (primary N) is 1. The fourth-order valence-electron chi connectivity index (χ4n) is 2.45. The summed E-state index contributed by atoms with van der Waals surface area (Å²) in [5.41, 5.74) is 7.59. The van der Waals surface area contributed by atoms with Crippen molar-refractivity contribution in [3.8, 4) is 0 Å². The van der Waals surface area contributed by atoms with E-state index < -0.39 is 0 Å². The summed E-state index contributed by atoms with van der Waals surface area (Å²) in [6.07, 6.45) is 2.61. The number of thiocarbonyl (C=S) groups is 1. The van der Waals surface area contributed by atoms with Gasteiger partial charge in [-0.25, -0.2) is 0 Å². The Morgan fingerprint density at radius 3 is 3.00 bits per heavy atom. The Labute approximate surface area is 128 Å². The Morgan fingerprint density at radius 1 is 1.58 bits per heavy atom. The monoisotopic (exact) mass is 342 g/mol. The summed E-state index contributed by atoms with van der Waals surface area (Å²) < 4.78 is 6.62. The number of benzene rings is 1. The fourth-order valence-corrected chi connectivity index (χ4v) is 3.35. The van der Waals surface area contributed by atoms with Crippen LogP contribution in [0.5, 0.6) is 0 Å². The smallest absolute Gasteiger partial charge is 0.105 e. The van der Waals surface area contributed by atoms with Crippen LogP contribution in [0.15, 0.2) is 22.7 Å². The van der Waals surface area contributed by atoms with Crippen LogP contribution in [0.25, 0.3) is 0 Å². The number of hydrogen-bond donors (Lipinski definition) is 2. The van der Waals surface area contributed by atoms with Gasteiger partial charge in [0.1, 0.15) is 4.99 Å². The predicted molar refractivity (Wildman–Crippen MR) is 86.7 cm³/mol. The summed E-state index contributed by atoms with van der Waals surface area (Å²) in [4.78, 5) is 0.411. The lowest BCUT2D eigenvalue weighted by molar-refractivity contribution is 0.0900. The van der Waals surface area contributed by atoms with Crippen molar-refractivity contribution >= 4 is 38.8 Å². The molecule has 0 spiro atoms. The molecule has 0 amide bonds. The van der Waals surface area contributed by atoms with Gasteiger partial charge in [0, 0.05) is 34.8 Å². The highest BCUT2D eigenvalue weighted by Crippen LogP contribution is 2.25. The summed E-state index contributed by atoms with van der Waals surface area (Å²) >= 11 is 8.48. The molecule has 2 unspecified atom stereocenters. The van der Waals surface area contributed by atoms with Crippen LogP contribution >= 0.6 is 28.1 Å². The second kappa shape index (κ2) is 6.68. The maximum absolute atomic E-state index is 5.69. The Hall–Kier alpha value is -0.650. The molecule has 3 nitrogen and oxygen atoms in total. The van der Waals surface area contributed by atoms with E-state index in [1.165, 1.54) is 0 Å². The third kappa shape index (κ3) is 3.68. The van der Waals surface area contributed by atoms with Crippen LogP contribution < -0.4 is 11.1 Å². The molecule has 5 heteroatoms. The molecule has 2 atom stereocenters. The van der Waals surface area contributed by atoms with Crippen molar-refractivity contribution in [2.24, 2.45) is 11.7 Å². The number of ether oxygens (including phenoxy) is 1. The minimum Gasteiger partial charge on any atom is -0.389 e. The second-order valence-electron chi connectivity index (χ2n) is 4.81. The molecule has 1 saturated heterocycles. The molecular weight excluding hydrogens is 324 g/mol. The molecule has 0 saturated carbocycles. The van der Waals surface area contributed by atoms with Gasteiger partial charge < -0.3 is 15.8 Å². The lowest BCUT2D eigenvalue weighted by Gasteiger charge is -2.18. The highest BCUT2D eigenvalue weighted by molar-refractivity contribution is 9.10. The van der Waals surface area contributed by atoms with Gasteiger partial charge in [-0.2, -0.15) is 0 Å². The van der Waals surface area contributed by atoms with Crippen molar-refractivity contribution in [2.45, 2.75) is 25.9 Å². The molecule has 0 aromatic heterocycles. The lowest BCUT2D eigenvalue weighted by Crippen LogP contribution is -2.22. The van der Waals surface area contributed by atoms with Crippen molar-refractivity contribution in [3.63, 3.8) is 0 Å². The minimum absolute atomic E-state index is 0.395. The SMILES string of the molecule is CCC1OCCC1CNc1ccc(C(N)=S)c(Br)c1. The first kappa shape index (κ1) is 14.8. The quantitative estimate of drug-likeness (QED) is 0.806. The number of rotatable bonds is 5. The second-order valence-corrected chi connectivity index (χ2v) is 6.10. The van der Waals surface area contributed by atoms with Crippen LogP contribution in [-0.4, -0.2) is 24.2 Å². The van der Waals surface area contributed by atoms with Gasteiger partial charge in [-0.1, -0.05) is 19.1 Å². The molecule has 2 rings (SSSR count). The standard InChI is InChI=1S/C14H19BrN2OS/c1-2-13-9(5-6-18-13)8-17-10-3-4-11(14(16)19)12(15)7-10/h3-4,7,9,13,17H,2,5-6,8H2,1H3,(H2,16,19). The Morgan fingerprint density at radius 2 is 2.37 bits per heavy atom. The van der Waals surface area contributed by atoms with Gasteiger partial charge in [0.05, 0.1) is 6.10 Å². The molecule has 0 aliphatic carbocycles. The Balaban J connectivity index is 1.96. The van der Waals surface area contributed by atoms with E-state index in [9.17, 15) is 0 Å². The fraction of sp³-hybridized carbons (Fsp3) is 0.500.